The second kappa shape index (κ2) is 8.02. The van der Waals surface area contributed by atoms with E-state index in [0.717, 1.165) is 23.1 Å². The molecule has 0 bridgehead atoms. The Morgan fingerprint density at radius 1 is 0.964 bits per heavy atom. The molecular weight excluding hydrogens is 352 g/mol. The molecule has 1 N–H and O–H groups in total. The van der Waals surface area contributed by atoms with Gasteiger partial charge < -0.3 is 5.32 Å². The lowest BCUT2D eigenvalue weighted by Crippen LogP contribution is -2.32. The second-order valence-electron chi connectivity index (χ2n) is 7.49. The molecule has 6 nitrogen and oxygen atoms in total. The van der Waals surface area contributed by atoms with Crippen LogP contribution in [0.15, 0.2) is 53.3 Å². The van der Waals surface area contributed by atoms with Gasteiger partial charge in [0.2, 0.25) is 5.91 Å². The molecule has 4 rings (SSSR count). The van der Waals surface area contributed by atoms with Crippen LogP contribution in [0.25, 0.3) is 11.0 Å². The molecule has 2 aromatic carbocycles. The normalized spacial score (nSPS) is 14.6. The van der Waals surface area contributed by atoms with Gasteiger partial charge in [-0.25, -0.2) is 4.79 Å². The molecule has 1 amide bonds. The molecule has 6 heteroatoms. The molecule has 0 atom stereocenters. The summed E-state index contributed by atoms with van der Waals surface area (Å²) in [5.74, 6) is -0.167. The van der Waals surface area contributed by atoms with Gasteiger partial charge >= 0.3 is 5.69 Å². The van der Waals surface area contributed by atoms with Gasteiger partial charge in [-0.15, -0.1) is 0 Å². The van der Waals surface area contributed by atoms with Gasteiger partial charge in [0.1, 0.15) is 6.54 Å². The fourth-order valence-corrected chi connectivity index (χ4v) is 3.88. The van der Waals surface area contributed by atoms with E-state index in [-0.39, 0.29) is 18.1 Å². The first-order chi connectivity index (χ1) is 13.6. The summed E-state index contributed by atoms with van der Waals surface area (Å²) in [5, 5.41) is 2.92. The number of carbonyl (C=O) groups excluding carboxylic acids is 1. The number of aromatic nitrogens is 2. The van der Waals surface area contributed by atoms with Crippen LogP contribution in [0, 0.1) is 0 Å². The number of imidazole rings is 1. The Bertz CT molecular complexity index is 1030. The summed E-state index contributed by atoms with van der Waals surface area (Å²) >= 11 is 0. The van der Waals surface area contributed by atoms with Gasteiger partial charge in [0.05, 0.1) is 11.0 Å². The van der Waals surface area contributed by atoms with E-state index in [9.17, 15) is 9.59 Å². The standard InChI is InChI=1S/C22H26N4O2/c1-24-19-6-2-3-7-20(19)26(22(24)28)16-21(27)23-14-17-8-10-18(11-9-17)15-25-12-4-5-13-25/h2-3,6-11H,4-5,12-16H2,1H3,(H,23,27). The summed E-state index contributed by atoms with van der Waals surface area (Å²) in [7, 11) is 1.72. The number of nitrogens with one attached hydrogen (secondary N) is 1. The molecule has 0 radical (unpaired) electrons. The van der Waals surface area contributed by atoms with Crippen molar-refractivity contribution in [3.63, 3.8) is 0 Å². The largest absolute Gasteiger partial charge is 0.350 e. The highest BCUT2D eigenvalue weighted by molar-refractivity contribution is 5.80. The van der Waals surface area contributed by atoms with Gasteiger partial charge in [0.15, 0.2) is 0 Å². The number of amides is 1. The number of fused-ring (bicyclic) bond motifs is 1. The van der Waals surface area contributed by atoms with E-state index in [0.29, 0.717) is 6.54 Å². The summed E-state index contributed by atoms with van der Waals surface area (Å²) in [4.78, 5) is 27.3. The van der Waals surface area contributed by atoms with Crippen molar-refractivity contribution in [2.75, 3.05) is 13.1 Å². The van der Waals surface area contributed by atoms with Crippen LogP contribution < -0.4 is 11.0 Å². The Morgan fingerprint density at radius 2 is 1.61 bits per heavy atom. The molecule has 3 aromatic rings. The number of benzene rings is 2. The molecule has 1 aliphatic rings. The maximum Gasteiger partial charge on any atom is 0.329 e. The molecule has 146 valence electrons. The lowest BCUT2D eigenvalue weighted by atomic mass is 10.1. The number of likely N-dealkylation sites (tertiary alicyclic amines) is 1. The number of aryl methyl sites for hydroxylation is 1. The van der Waals surface area contributed by atoms with E-state index < -0.39 is 0 Å². The maximum absolute atomic E-state index is 12.4. The third kappa shape index (κ3) is 3.87. The number of hydrogen-bond donors (Lipinski definition) is 1. The fraction of sp³-hybridized carbons (Fsp3) is 0.364. The molecule has 28 heavy (non-hydrogen) atoms. The fourth-order valence-electron chi connectivity index (χ4n) is 3.88. The molecule has 0 unspecified atom stereocenters. The molecule has 2 heterocycles. The van der Waals surface area contributed by atoms with Crippen LogP contribution in [-0.4, -0.2) is 33.0 Å². The van der Waals surface area contributed by atoms with Crippen LogP contribution in [0.2, 0.25) is 0 Å². The highest BCUT2D eigenvalue weighted by Gasteiger charge is 2.13. The van der Waals surface area contributed by atoms with Gasteiger partial charge in [0, 0.05) is 20.1 Å². The summed E-state index contributed by atoms with van der Waals surface area (Å²) in [6.45, 7) is 3.85. The Labute approximate surface area is 164 Å². The Kier molecular flexibility index (Phi) is 5.30. The molecule has 1 aromatic heterocycles. The lowest BCUT2D eigenvalue weighted by molar-refractivity contribution is -0.121. The van der Waals surface area contributed by atoms with Crippen molar-refractivity contribution in [2.45, 2.75) is 32.5 Å². The maximum atomic E-state index is 12.4. The first-order valence-electron chi connectivity index (χ1n) is 9.83. The average molecular weight is 378 g/mol. The van der Waals surface area contributed by atoms with E-state index in [4.69, 9.17) is 0 Å². The summed E-state index contributed by atoms with van der Waals surface area (Å²) in [6, 6.07) is 15.9. The molecule has 1 aliphatic heterocycles. The zero-order chi connectivity index (χ0) is 19.5. The molecule has 1 fully saturated rings. The zero-order valence-corrected chi connectivity index (χ0v) is 16.2. The summed E-state index contributed by atoms with van der Waals surface area (Å²) < 4.78 is 3.09. The van der Waals surface area contributed by atoms with Crippen LogP contribution in [0.4, 0.5) is 0 Å². The number of nitrogens with zero attached hydrogens (tertiary/aromatic N) is 3. The summed E-state index contributed by atoms with van der Waals surface area (Å²) in [6.07, 6.45) is 2.59. The average Bonchev–Trinajstić information content (AvgIpc) is 3.31. The van der Waals surface area contributed by atoms with E-state index in [2.05, 4.69) is 34.5 Å². The minimum atomic E-state index is -0.178. The van der Waals surface area contributed by atoms with Crippen molar-refractivity contribution in [3.8, 4) is 0 Å². The lowest BCUT2D eigenvalue weighted by Gasteiger charge is -2.14. The SMILES string of the molecule is Cn1c(=O)n(CC(=O)NCc2ccc(CN3CCCC3)cc2)c2ccccc21. The highest BCUT2D eigenvalue weighted by Crippen LogP contribution is 2.14. The third-order valence-corrected chi connectivity index (χ3v) is 5.47. The van der Waals surface area contributed by atoms with E-state index >= 15 is 0 Å². The molecule has 0 saturated carbocycles. The van der Waals surface area contributed by atoms with Crippen molar-refractivity contribution in [2.24, 2.45) is 7.05 Å². The van der Waals surface area contributed by atoms with Crippen molar-refractivity contribution in [1.82, 2.24) is 19.4 Å². The Hall–Kier alpha value is -2.86. The van der Waals surface area contributed by atoms with Gasteiger partial charge in [-0.1, -0.05) is 36.4 Å². The second-order valence-corrected chi connectivity index (χ2v) is 7.49. The minimum Gasteiger partial charge on any atom is -0.350 e. The van der Waals surface area contributed by atoms with Gasteiger partial charge in [0.25, 0.3) is 0 Å². The third-order valence-electron chi connectivity index (χ3n) is 5.47. The molecule has 0 aliphatic carbocycles. The zero-order valence-electron chi connectivity index (χ0n) is 16.2. The van der Waals surface area contributed by atoms with Crippen LogP contribution in [0.5, 0.6) is 0 Å². The number of rotatable bonds is 6. The number of para-hydroxylation sites is 2. The molecular formula is C22H26N4O2. The first kappa shape index (κ1) is 18.5. The molecule has 0 spiro atoms. The first-order valence-corrected chi connectivity index (χ1v) is 9.83. The quantitative estimate of drug-likeness (QED) is 0.716. The van der Waals surface area contributed by atoms with Crippen LogP contribution in [0.3, 0.4) is 0 Å². The predicted octanol–water partition coefficient (Wildman–Crippen LogP) is 2.25. The monoisotopic (exact) mass is 378 g/mol. The van der Waals surface area contributed by atoms with Crippen molar-refractivity contribution in [1.29, 1.82) is 0 Å². The number of carbonyl (C=O) groups is 1. The van der Waals surface area contributed by atoms with Gasteiger partial charge in [-0.2, -0.15) is 0 Å². The highest BCUT2D eigenvalue weighted by atomic mass is 16.2. The van der Waals surface area contributed by atoms with Crippen LogP contribution in [0.1, 0.15) is 24.0 Å². The van der Waals surface area contributed by atoms with Crippen molar-refractivity contribution >= 4 is 16.9 Å². The van der Waals surface area contributed by atoms with Crippen molar-refractivity contribution in [3.05, 3.63) is 70.1 Å². The Balaban J connectivity index is 1.36. The van der Waals surface area contributed by atoms with E-state index in [1.807, 2.05) is 24.3 Å². The minimum absolute atomic E-state index is 0.0211. The summed E-state index contributed by atoms with van der Waals surface area (Å²) in [5.41, 5.74) is 3.79. The smallest absolute Gasteiger partial charge is 0.329 e. The van der Waals surface area contributed by atoms with Gasteiger partial charge in [-0.05, 0) is 49.2 Å². The van der Waals surface area contributed by atoms with Gasteiger partial charge in [-0.3, -0.25) is 18.8 Å². The Morgan fingerprint density at radius 3 is 2.32 bits per heavy atom. The predicted molar refractivity (Wildman–Crippen MR) is 110 cm³/mol. The van der Waals surface area contributed by atoms with E-state index in [1.165, 1.54) is 36.1 Å². The van der Waals surface area contributed by atoms with E-state index in [1.54, 1.807) is 11.6 Å². The van der Waals surface area contributed by atoms with Crippen molar-refractivity contribution < 1.29 is 4.79 Å². The van der Waals surface area contributed by atoms with Crippen LogP contribution >= 0.6 is 0 Å². The van der Waals surface area contributed by atoms with Crippen LogP contribution in [-0.2, 0) is 31.5 Å². The molecule has 1 saturated heterocycles. The number of hydrogen-bond acceptors (Lipinski definition) is 3. The topological polar surface area (TPSA) is 59.3 Å².